The highest BCUT2D eigenvalue weighted by molar-refractivity contribution is 5.80. The molecular formula is C18H20F3N5O2. The van der Waals surface area contributed by atoms with Crippen LogP contribution in [0.25, 0.3) is 0 Å². The third-order valence-electron chi connectivity index (χ3n) is 4.65. The van der Waals surface area contributed by atoms with Gasteiger partial charge in [-0.3, -0.25) is 14.3 Å². The summed E-state index contributed by atoms with van der Waals surface area (Å²) in [6.45, 7) is 0.990. The summed E-state index contributed by atoms with van der Waals surface area (Å²) in [6.07, 6.45) is -1.28. The van der Waals surface area contributed by atoms with Gasteiger partial charge in [-0.2, -0.15) is 18.3 Å². The predicted octanol–water partition coefficient (Wildman–Crippen LogP) is 1.95. The Morgan fingerprint density at radius 1 is 1.14 bits per heavy atom. The van der Waals surface area contributed by atoms with E-state index in [2.05, 4.69) is 10.1 Å². The highest BCUT2D eigenvalue weighted by atomic mass is 19.4. The first-order valence-corrected chi connectivity index (χ1v) is 8.87. The molecule has 0 N–H and O–H groups in total. The Morgan fingerprint density at radius 3 is 2.64 bits per heavy atom. The Labute approximate surface area is 159 Å². The molecule has 2 heterocycles. The van der Waals surface area contributed by atoms with Gasteiger partial charge in [-0.15, -0.1) is 0 Å². The van der Waals surface area contributed by atoms with Gasteiger partial charge in [0.15, 0.2) is 0 Å². The van der Waals surface area contributed by atoms with Gasteiger partial charge in [0.1, 0.15) is 12.7 Å². The van der Waals surface area contributed by atoms with Crippen LogP contribution >= 0.6 is 0 Å². The van der Waals surface area contributed by atoms with Gasteiger partial charge in [0, 0.05) is 39.0 Å². The lowest BCUT2D eigenvalue weighted by Gasteiger charge is -2.23. The standard InChI is InChI=1S/C18H20F3N5O2/c19-18(20,21)15-4-2-1-3-14(15)11-25-10-9-24(7-5-17(25)28)16(27)6-8-26-13-22-12-23-26/h1-4,12-13H,5-11H2. The number of alkyl halides is 3. The summed E-state index contributed by atoms with van der Waals surface area (Å²) >= 11 is 0. The van der Waals surface area contributed by atoms with Gasteiger partial charge in [-0.25, -0.2) is 4.98 Å². The number of nitrogens with zero attached hydrogens (tertiary/aromatic N) is 5. The number of carbonyl (C=O) groups is 2. The number of benzene rings is 1. The zero-order valence-corrected chi connectivity index (χ0v) is 15.1. The molecule has 1 aliphatic rings. The summed E-state index contributed by atoms with van der Waals surface area (Å²) in [5.41, 5.74) is -0.692. The Morgan fingerprint density at radius 2 is 1.93 bits per heavy atom. The van der Waals surface area contributed by atoms with Gasteiger partial charge in [0.2, 0.25) is 11.8 Å². The van der Waals surface area contributed by atoms with Gasteiger partial charge in [-0.05, 0) is 11.6 Å². The van der Waals surface area contributed by atoms with E-state index in [1.165, 1.54) is 35.8 Å². The quantitative estimate of drug-likeness (QED) is 0.776. The maximum absolute atomic E-state index is 13.2. The van der Waals surface area contributed by atoms with Crippen LogP contribution in [0.4, 0.5) is 13.2 Å². The van der Waals surface area contributed by atoms with Crippen molar-refractivity contribution in [3.8, 4) is 0 Å². The van der Waals surface area contributed by atoms with Crippen LogP contribution in [0, 0.1) is 0 Å². The third kappa shape index (κ3) is 4.87. The van der Waals surface area contributed by atoms with Crippen molar-refractivity contribution < 1.29 is 22.8 Å². The van der Waals surface area contributed by atoms with Crippen molar-refractivity contribution in [1.29, 1.82) is 0 Å². The summed E-state index contributed by atoms with van der Waals surface area (Å²) in [5.74, 6) is -0.385. The van der Waals surface area contributed by atoms with Crippen molar-refractivity contribution in [3.63, 3.8) is 0 Å². The minimum atomic E-state index is -4.48. The number of hydrogen-bond donors (Lipinski definition) is 0. The Kier molecular flexibility index (Phi) is 5.96. The number of carbonyl (C=O) groups excluding carboxylic acids is 2. The third-order valence-corrected chi connectivity index (χ3v) is 4.65. The molecule has 0 radical (unpaired) electrons. The van der Waals surface area contributed by atoms with E-state index in [1.54, 1.807) is 9.58 Å². The Balaban J connectivity index is 1.62. The number of aromatic nitrogens is 3. The van der Waals surface area contributed by atoms with Crippen molar-refractivity contribution in [2.45, 2.75) is 32.1 Å². The van der Waals surface area contributed by atoms with E-state index in [9.17, 15) is 22.8 Å². The molecule has 0 aliphatic carbocycles. The SMILES string of the molecule is O=C(CCn1cncn1)N1CCC(=O)N(Cc2ccccc2C(F)(F)F)CC1. The van der Waals surface area contributed by atoms with Crippen LogP contribution in [0.3, 0.4) is 0 Å². The number of rotatable bonds is 5. The van der Waals surface area contributed by atoms with Crippen molar-refractivity contribution in [2.24, 2.45) is 0 Å². The van der Waals surface area contributed by atoms with Crippen LogP contribution in [0.1, 0.15) is 24.0 Å². The first kappa shape index (κ1) is 19.8. The molecule has 2 amide bonds. The first-order valence-electron chi connectivity index (χ1n) is 8.87. The molecule has 1 aliphatic heterocycles. The molecular weight excluding hydrogens is 375 g/mol. The normalized spacial score (nSPS) is 15.6. The lowest BCUT2D eigenvalue weighted by atomic mass is 10.1. The summed E-state index contributed by atoms with van der Waals surface area (Å²) in [4.78, 5) is 31.5. The molecule has 150 valence electrons. The molecule has 1 aromatic heterocycles. The number of hydrogen-bond acceptors (Lipinski definition) is 4. The topological polar surface area (TPSA) is 71.3 Å². The molecule has 7 nitrogen and oxygen atoms in total. The first-order chi connectivity index (χ1) is 13.3. The Bertz CT molecular complexity index is 823. The van der Waals surface area contributed by atoms with Crippen LogP contribution in [-0.4, -0.2) is 56.0 Å². The molecule has 0 saturated carbocycles. The molecule has 28 heavy (non-hydrogen) atoms. The fraction of sp³-hybridized carbons (Fsp3) is 0.444. The monoisotopic (exact) mass is 395 g/mol. The number of amides is 2. The molecule has 0 spiro atoms. The lowest BCUT2D eigenvalue weighted by molar-refractivity contribution is -0.139. The Hall–Kier alpha value is -2.91. The largest absolute Gasteiger partial charge is 0.416 e. The molecule has 1 fully saturated rings. The second kappa shape index (κ2) is 8.41. The highest BCUT2D eigenvalue weighted by Gasteiger charge is 2.34. The maximum Gasteiger partial charge on any atom is 0.416 e. The second-order valence-corrected chi connectivity index (χ2v) is 6.51. The van der Waals surface area contributed by atoms with Gasteiger partial charge >= 0.3 is 6.18 Å². The van der Waals surface area contributed by atoms with Crippen LogP contribution in [0.2, 0.25) is 0 Å². The van der Waals surface area contributed by atoms with Gasteiger partial charge in [0.05, 0.1) is 12.1 Å². The molecule has 10 heteroatoms. The van der Waals surface area contributed by atoms with E-state index < -0.39 is 11.7 Å². The van der Waals surface area contributed by atoms with Crippen molar-refractivity contribution in [2.75, 3.05) is 19.6 Å². The van der Waals surface area contributed by atoms with Crippen LogP contribution < -0.4 is 0 Å². The lowest BCUT2D eigenvalue weighted by Crippen LogP contribution is -2.36. The van der Waals surface area contributed by atoms with Crippen molar-refractivity contribution >= 4 is 11.8 Å². The van der Waals surface area contributed by atoms with E-state index in [4.69, 9.17) is 0 Å². The van der Waals surface area contributed by atoms with Gasteiger partial charge in [0.25, 0.3) is 0 Å². The number of aryl methyl sites for hydroxylation is 1. The predicted molar refractivity (Wildman–Crippen MR) is 92.7 cm³/mol. The summed E-state index contributed by atoms with van der Waals surface area (Å²) in [5, 5.41) is 3.93. The van der Waals surface area contributed by atoms with E-state index in [0.717, 1.165) is 6.07 Å². The highest BCUT2D eigenvalue weighted by Crippen LogP contribution is 2.32. The van der Waals surface area contributed by atoms with Crippen molar-refractivity contribution in [3.05, 3.63) is 48.0 Å². The maximum atomic E-state index is 13.2. The molecule has 3 rings (SSSR count). The molecule has 2 aromatic rings. The van der Waals surface area contributed by atoms with Crippen molar-refractivity contribution in [1.82, 2.24) is 24.6 Å². The molecule has 1 aromatic carbocycles. The molecule has 0 atom stereocenters. The zero-order valence-electron chi connectivity index (χ0n) is 15.1. The summed E-state index contributed by atoms with van der Waals surface area (Å²) < 4.78 is 41.1. The molecule has 0 unspecified atom stereocenters. The van der Waals surface area contributed by atoms with Gasteiger partial charge in [-0.1, -0.05) is 18.2 Å². The van der Waals surface area contributed by atoms with E-state index in [-0.39, 0.29) is 56.4 Å². The minimum Gasteiger partial charge on any atom is -0.340 e. The molecule has 0 bridgehead atoms. The van der Waals surface area contributed by atoms with Crippen LogP contribution in [0.5, 0.6) is 0 Å². The summed E-state index contributed by atoms with van der Waals surface area (Å²) in [6, 6.07) is 5.23. The van der Waals surface area contributed by atoms with E-state index in [1.807, 2.05) is 0 Å². The average Bonchev–Trinajstić information content (AvgIpc) is 3.11. The zero-order chi connectivity index (χ0) is 20.1. The summed E-state index contributed by atoms with van der Waals surface area (Å²) in [7, 11) is 0. The van der Waals surface area contributed by atoms with Gasteiger partial charge < -0.3 is 9.80 Å². The minimum absolute atomic E-state index is 0.0503. The van der Waals surface area contributed by atoms with Crippen LogP contribution in [-0.2, 0) is 28.9 Å². The van der Waals surface area contributed by atoms with E-state index in [0.29, 0.717) is 6.54 Å². The van der Waals surface area contributed by atoms with E-state index >= 15 is 0 Å². The fourth-order valence-electron chi connectivity index (χ4n) is 3.14. The van der Waals surface area contributed by atoms with Crippen LogP contribution in [0.15, 0.2) is 36.9 Å². The molecule has 1 saturated heterocycles. The fourth-order valence-corrected chi connectivity index (χ4v) is 3.14. The number of halogens is 3. The average molecular weight is 395 g/mol. The smallest absolute Gasteiger partial charge is 0.340 e. The second-order valence-electron chi connectivity index (χ2n) is 6.51.